The second-order valence-corrected chi connectivity index (χ2v) is 4.88. The molecule has 20 heavy (non-hydrogen) atoms. The number of benzene rings is 1. The molecule has 1 N–H and O–H groups in total. The van der Waals surface area contributed by atoms with E-state index in [9.17, 15) is 4.39 Å². The van der Waals surface area contributed by atoms with Crippen molar-refractivity contribution >= 4 is 0 Å². The van der Waals surface area contributed by atoms with Crippen molar-refractivity contribution in [1.82, 2.24) is 15.3 Å². The second kappa shape index (κ2) is 5.54. The molecule has 1 heterocycles. The highest BCUT2D eigenvalue weighted by Gasteiger charge is 2.20. The van der Waals surface area contributed by atoms with Crippen molar-refractivity contribution in [2.24, 2.45) is 0 Å². The van der Waals surface area contributed by atoms with Gasteiger partial charge in [0.15, 0.2) is 17.4 Å². The summed E-state index contributed by atoms with van der Waals surface area (Å²) in [6.07, 6.45) is 4.21. The molecule has 0 spiro atoms. The number of ether oxygens (including phenoxy) is 1. The average molecular weight is 273 g/mol. The summed E-state index contributed by atoms with van der Waals surface area (Å²) in [5, 5.41) is 3.41. The molecule has 5 heteroatoms. The molecular weight excluding hydrogens is 257 g/mol. The van der Waals surface area contributed by atoms with E-state index in [1.54, 1.807) is 18.3 Å². The van der Waals surface area contributed by atoms with Gasteiger partial charge in [0.1, 0.15) is 0 Å². The first-order valence-electron chi connectivity index (χ1n) is 6.65. The highest BCUT2D eigenvalue weighted by molar-refractivity contribution is 5.57. The van der Waals surface area contributed by atoms with E-state index < -0.39 is 0 Å². The Bertz CT molecular complexity index is 614. The summed E-state index contributed by atoms with van der Waals surface area (Å²) in [6.45, 7) is 0.735. The molecule has 0 saturated heterocycles. The number of rotatable bonds is 5. The molecule has 4 nitrogen and oxygen atoms in total. The SMILES string of the molecule is COc1cc(-c2nccc(CNC3CC3)n2)ccc1F. The van der Waals surface area contributed by atoms with Crippen LogP contribution in [0, 0.1) is 5.82 Å². The van der Waals surface area contributed by atoms with Gasteiger partial charge in [-0.2, -0.15) is 0 Å². The number of hydrogen-bond acceptors (Lipinski definition) is 4. The molecule has 1 aromatic carbocycles. The highest BCUT2D eigenvalue weighted by Crippen LogP contribution is 2.24. The summed E-state index contributed by atoms with van der Waals surface area (Å²) in [4.78, 5) is 8.74. The van der Waals surface area contributed by atoms with Crippen LogP contribution in [0.2, 0.25) is 0 Å². The first-order chi connectivity index (χ1) is 9.76. The van der Waals surface area contributed by atoms with Gasteiger partial charge in [0.05, 0.1) is 12.8 Å². The molecule has 0 radical (unpaired) electrons. The molecule has 0 bridgehead atoms. The minimum atomic E-state index is -0.386. The zero-order valence-corrected chi connectivity index (χ0v) is 11.3. The third-order valence-electron chi connectivity index (χ3n) is 3.27. The van der Waals surface area contributed by atoms with E-state index in [4.69, 9.17) is 4.74 Å². The maximum absolute atomic E-state index is 13.4. The topological polar surface area (TPSA) is 47.0 Å². The summed E-state index contributed by atoms with van der Waals surface area (Å²) >= 11 is 0. The van der Waals surface area contributed by atoms with Crippen LogP contribution in [0.5, 0.6) is 5.75 Å². The summed E-state index contributed by atoms with van der Waals surface area (Å²) in [6, 6.07) is 7.17. The third kappa shape index (κ3) is 2.93. The van der Waals surface area contributed by atoms with Crippen LogP contribution in [-0.4, -0.2) is 23.1 Å². The van der Waals surface area contributed by atoms with Crippen LogP contribution in [0.1, 0.15) is 18.5 Å². The normalized spacial score (nSPS) is 14.3. The fourth-order valence-electron chi connectivity index (χ4n) is 1.97. The predicted octanol–water partition coefficient (Wildman–Crippen LogP) is 2.54. The van der Waals surface area contributed by atoms with Crippen LogP contribution < -0.4 is 10.1 Å². The van der Waals surface area contributed by atoms with Crippen LogP contribution in [0.3, 0.4) is 0 Å². The van der Waals surface area contributed by atoms with Crippen LogP contribution in [-0.2, 0) is 6.54 Å². The summed E-state index contributed by atoms with van der Waals surface area (Å²) in [5.74, 6) is 0.397. The summed E-state index contributed by atoms with van der Waals surface area (Å²) in [5.41, 5.74) is 1.68. The van der Waals surface area contributed by atoms with Gasteiger partial charge in [-0.05, 0) is 37.1 Å². The molecular formula is C15H16FN3O. The Hall–Kier alpha value is -2.01. The summed E-state index contributed by atoms with van der Waals surface area (Å²) in [7, 11) is 1.44. The molecule has 1 saturated carbocycles. The first-order valence-corrected chi connectivity index (χ1v) is 6.65. The van der Waals surface area contributed by atoms with Gasteiger partial charge in [0.2, 0.25) is 0 Å². The summed E-state index contributed by atoms with van der Waals surface area (Å²) < 4.78 is 18.4. The fraction of sp³-hybridized carbons (Fsp3) is 0.333. The van der Waals surface area contributed by atoms with Crippen molar-refractivity contribution in [2.75, 3.05) is 7.11 Å². The van der Waals surface area contributed by atoms with Crippen molar-refractivity contribution in [3.63, 3.8) is 0 Å². The molecule has 104 valence electrons. The standard InChI is InChI=1S/C15H16FN3O/c1-20-14-8-10(2-5-13(14)16)15-17-7-6-12(19-15)9-18-11-3-4-11/h2,5-8,11,18H,3-4,9H2,1H3. The quantitative estimate of drug-likeness (QED) is 0.909. The van der Waals surface area contributed by atoms with Crippen LogP contribution >= 0.6 is 0 Å². The maximum atomic E-state index is 13.4. The smallest absolute Gasteiger partial charge is 0.165 e. The van der Waals surface area contributed by atoms with E-state index in [0.29, 0.717) is 11.9 Å². The Kier molecular flexibility index (Phi) is 3.60. The molecule has 1 fully saturated rings. The van der Waals surface area contributed by atoms with Gasteiger partial charge < -0.3 is 10.1 Å². The molecule has 2 aromatic rings. The Morgan fingerprint density at radius 1 is 1.35 bits per heavy atom. The minimum Gasteiger partial charge on any atom is -0.494 e. The van der Waals surface area contributed by atoms with Crippen molar-refractivity contribution in [2.45, 2.75) is 25.4 Å². The van der Waals surface area contributed by atoms with Crippen molar-refractivity contribution in [3.8, 4) is 17.1 Å². The predicted molar refractivity (Wildman–Crippen MR) is 73.8 cm³/mol. The number of nitrogens with zero attached hydrogens (tertiary/aromatic N) is 2. The molecule has 1 aromatic heterocycles. The van der Waals surface area contributed by atoms with Crippen LogP contribution in [0.25, 0.3) is 11.4 Å². The number of aromatic nitrogens is 2. The zero-order chi connectivity index (χ0) is 13.9. The van der Waals surface area contributed by atoms with E-state index in [-0.39, 0.29) is 11.6 Å². The van der Waals surface area contributed by atoms with Gasteiger partial charge in [0, 0.05) is 24.3 Å². The zero-order valence-electron chi connectivity index (χ0n) is 11.3. The van der Waals surface area contributed by atoms with E-state index >= 15 is 0 Å². The van der Waals surface area contributed by atoms with Crippen LogP contribution in [0.15, 0.2) is 30.5 Å². The molecule has 3 rings (SSSR count). The lowest BCUT2D eigenvalue weighted by atomic mass is 10.2. The van der Waals surface area contributed by atoms with Crippen molar-refractivity contribution in [1.29, 1.82) is 0 Å². The van der Waals surface area contributed by atoms with E-state index in [0.717, 1.165) is 17.8 Å². The lowest BCUT2D eigenvalue weighted by Gasteiger charge is -2.07. The number of hydrogen-bond donors (Lipinski definition) is 1. The largest absolute Gasteiger partial charge is 0.494 e. The average Bonchev–Trinajstić information content (AvgIpc) is 3.30. The number of halogens is 1. The number of methoxy groups -OCH3 is 1. The minimum absolute atomic E-state index is 0.201. The first kappa shape index (κ1) is 13.0. The lowest BCUT2D eigenvalue weighted by Crippen LogP contribution is -2.16. The Balaban J connectivity index is 1.83. The third-order valence-corrected chi connectivity index (χ3v) is 3.27. The van der Waals surface area contributed by atoms with Gasteiger partial charge in [-0.1, -0.05) is 0 Å². The lowest BCUT2D eigenvalue weighted by molar-refractivity contribution is 0.386. The van der Waals surface area contributed by atoms with Gasteiger partial charge in [-0.15, -0.1) is 0 Å². The molecule has 0 atom stereocenters. The van der Waals surface area contributed by atoms with Crippen LogP contribution in [0.4, 0.5) is 4.39 Å². The molecule has 1 aliphatic carbocycles. The van der Waals surface area contributed by atoms with Gasteiger partial charge in [0.25, 0.3) is 0 Å². The highest BCUT2D eigenvalue weighted by atomic mass is 19.1. The number of nitrogens with one attached hydrogen (secondary N) is 1. The van der Waals surface area contributed by atoms with Gasteiger partial charge in [-0.25, -0.2) is 14.4 Å². The van der Waals surface area contributed by atoms with E-state index in [1.807, 2.05) is 6.07 Å². The van der Waals surface area contributed by atoms with E-state index in [1.165, 1.54) is 26.0 Å². The van der Waals surface area contributed by atoms with Crippen molar-refractivity contribution in [3.05, 3.63) is 42.0 Å². The van der Waals surface area contributed by atoms with Gasteiger partial charge >= 0.3 is 0 Å². The molecule has 1 aliphatic rings. The van der Waals surface area contributed by atoms with E-state index in [2.05, 4.69) is 15.3 Å². The van der Waals surface area contributed by atoms with Crippen molar-refractivity contribution < 1.29 is 9.13 Å². The molecule has 0 unspecified atom stereocenters. The second-order valence-electron chi connectivity index (χ2n) is 4.88. The molecule has 0 amide bonds. The molecule has 0 aliphatic heterocycles. The fourth-order valence-corrected chi connectivity index (χ4v) is 1.97. The monoisotopic (exact) mass is 273 g/mol. The Morgan fingerprint density at radius 2 is 2.20 bits per heavy atom. The maximum Gasteiger partial charge on any atom is 0.165 e. The Labute approximate surface area is 117 Å². The van der Waals surface area contributed by atoms with Gasteiger partial charge in [-0.3, -0.25) is 0 Å². The Morgan fingerprint density at radius 3 is 2.95 bits per heavy atom.